The maximum absolute atomic E-state index is 13.5. The summed E-state index contributed by atoms with van der Waals surface area (Å²) in [5.74, 6) is -0.520. The molecule has 0 aliphatic rings. The lowest BCUT2D eigenvalue weighted by molar-refractivity contribution is -0.870. The van der Waals surface area contributed by atoms with Crippen LogP contribution in [0.4, 0.5) is 0 Å². The number of phosphoric acid groups is 1. The third-order valence-corrected chi connectivity index (χ3v) is 14.9. The minimum Gasteiger partial charge on any atom is -0.756 e. The first kappa shape index (κ1) is 68.8. The van der Waals surface area contributed by atoms with E-state index in [-0.39, 0.29) is 31.5 Å². The summed E-state index contributed by atoms with van der Waals surface area (Å²) in [6.45, 7) is 6.89. The van der Waals surface area contributed by atoms with Crippen LogP contribution in [0, 0.1) is 0 Å². The summed E-state index contributed by atoms with van der Waals surface area (Å²) in [4.78, 5) is 39.9. The molecule has 0 fully saturated rings. The Morgan fingerprint density at radius 2 is 0.814 bits per heavy atom. The number of nitrogens with zero attached hydrogens (tertiary/aromatic N) is 1. The number of amides is 1. The monoisotopic (exact) mass is 1010 g/mol. The van der Waals surface area contributed by atoms with Crippen LogP contribution in [0.5, 0.6) is 0 Å². The second kappa shape index (κ2) is 51.2. The highest BCUT2D eigenvalue weighted by Gasteiger charge is 2.27. The van der Waals surface area contributed by atoms with Crippen molar-refractivity contribution in [3.8, 4) is 0 Å². The number of allylic oxidation sites excluding steroid dienone is 1. The van der Waals surface area contributed by atoms with Crippen LogP contribution in [0.25, 0.3) is 0 Å². The summed E-state index contributed by atoms with van der Waals surface area (Å²) >= 11 is 0. The van der Waals surface area contributed by atoms with Crippen molar-refractivity contribution in [1.29, 1.82) is 0 Å². The summed E-state index contributed by atoms with van der Waals surface area (Å²) in [5.41, 5.74) is 0. The fourth-order valence-electron chi connectivity index (χ4n) is 9.23. The lowest BCUT2D eigenvalue weighted by atomic mass is 10.0. The lowest BCUT2D eigenvalue weighted by Crippen LogP contribution is -2.47. The van der Waals surface area contributed by atoms with Crippen molar-refractivity contribution in [3.05, 3.63) is 12.2 Å². The first-order valence-electron chi connectivity index (χ1n) is 30.5. The number of hydrogen-bond donors (Lipinski definition) is 1. The van der Waals surface area contributed by atoms with Crippen LogP contribution in [-0.4, -0.2) is 69.4 Å². The van der Waals surface area contributed by atoms with Crippen LogP contribution >= 0.6 is 7.82 Å². The smallest absolute Gasteiger partial charge is 0.306 e. The molecule has 0 rings (SSSR count). The fraction of sp³-hybridized carbons (Fsp3) is 0.933. The van der Waals surface area contributed by atoms with Crippen LogP contribution in [0.3, 0.4) is 0 Å². The molecule has 3 atom stereocenters. The molecule has 10 heteroatoms. The first-order chi connectivity index (χ1) is 33.9. The van der Waals surface area contributed by atoms with E-state index >= 15 is 0 Å². The summed E-state index contributed by atoms with van der Waals surface area (Å²) < 4.78 is 30.3. The molecule has 0 aliphatic carbocycles. The van der Waals surface area contributed by atoms with E-state index in [1.54, 1.807) is 0 Å². The van der Waals surface area contributed by atoms with Crippen molar-refractivity contribution in [2.24, 2.45) is 0 Å². The molecule has 416 valence electrons. The van der Waals surface area contributed by atoms with Gasteiger partial charge in [-0.1, -0.05) is 277 Å². The standard InChI is InChI=1S/C60H119N2O7P/c1-7-10-13-16-19-22-25-28-30-31-33-34-37-40-43-46-49-52-59(63)61-57(56-68-70(65,66)67-55-54-62(4,5)6)58(51-48-45-42-39-36-27-24-21-18-15-12-9-3)69-60(64)53-50-47-44-41-38-35-32-29-26-23-20-17-14-11-8-2/h48,51,57-58H,7-47,49-50,52-56H2,1-6H3,(H-,61,63,65,66)/b51-48+. The van der Waals surface area contributed by atoms with Gasteiger partial charge in [0.05, 0.1) is 33.8 Å². The van der Waals surface area contributed by atoms with Crippen LogP contribution in [0.2, 0.25) is 0 Å². The molecule has 0 bridgehead atoms. The largest absolute Gasteiger partial charge is 0.756 e. The predicted octanol–water partition coefficient (Wildman–Crippen LogP) is 17.8. The molecule has 1 amide bonds. The molecule has 0 saturated carbocycles. The molecular formula is C60H119N2O7P. The van der Waals surface area contributed by atoms with E-state index in [0.717, 1.165) is 57.8 Å². The summed E-state index contributed by atoms with van der Waals surface area (Å²) in [6.07, 6.45) is 57.4. The molecule has 0 saturated heterocycles. The van der Waals surface area contributed by atoms with Gasteiger partial charge in [-0.15, -0.1) is 0 Å². The summed E-state index contributed by atoms with van der Waals surface area (Å²) in [7, 11) is 1.21. The van der Waals surface area contributed by atoms with E-state index < -0.39 is 20.0 Å². The normalized spacial score (nSPS) is 13.8. The van der Waals surface area contributed by atoms with Gasteiger partial charge in [0, 0.05) is 12.8 Å². The van der Waals surface area contributed by atoms with E-state index in [1.165, 1.54) is 218 Å². The maximum atomic E-state index is 13.5. The highest BCUT2D eigenvalue weighted by atomic mass is 31.2. The molecule has 0 aromatic rings. The van der Waals surface area contributed by atoms with Crippen LogP contribution in [0.15, 0.2) is 12.2 Å². The number of phosphoric ester groups is 1. The van der Waals surface area contributed by atoms with Crippen LogP contribution in [-0.2, 0) is 27.9 Å². The van der Waals surface area contributed by atoms with Crippen molar-refractivity contribution in [2.75, 3.05) is 40.9 Å². The molecule has 0 aliphatic heterocycles. The predicted molar refractivity (Wildman–Crippen MR) is 298 cm³/mol. The fourth-order valence-corrected chi connectivity index (χ4v) is 9.95. The summed E-state index contributed by atoms with van der Waals surface area (Å²) in [5, 5.41) is 3.03. The zero-order valence-electron chi connectivity index (χ0n) is 47.5. The molecule has 0 spiro atoms. The Hall–Kier alpha value is -1.25. The average Bonchev–Trinajstić information content (AvgIpc) is 3.32. The van der Waals surface area contributed by atoms with Gasteiger partial charge in [-0.2, -0.15) is 0 Å². The SMILES string of the molecule is CCCCCCCCCCCC/C=C/C(OC(=O)CCCCCCCCCCCCCCCCC)C(COP(=O)([O-])OCC[N+](C)(C)C)NC(=O)CCCCCCCCCCCCCCCCCCC. The second-order valence-electron chi connectivity index (χ2n) is 22.2. The Morgan fingerprint density at radius 1 is 0.486 bits per heavy atom. The number of hydrogen-bond acceptors (Lipinski definition) is 7. The van der Waals surface area contributed by atoms with E-state index in [0.29, 0.717) is 17.4 Å². The number of quaternary nitrogens is 1. The Bertz CT molecular complexity index is 1210. The van der Waals surface area contributed by atoms with Gasteiger partial charge < -0.3 is 28.5 Å². The van der Waals surface area contributed by atoms with Gasteiger partial charge in [-0.25, -0.2) is 0 Å². The molecule has 0 heterocycles. The molecule has 0 aromatic heterocycles. The minimum absolute atomic E-state index is 0.0168. The van der Waals surface area contributed by atoms with Crippen molar-refractivity contribution >= 4 is 19.7 Å². The van der Waals surface area contributed by atoms with E-state index in [1.807, 2.05) is 33.3 Å². The molecule has 0 aromatic carbocycles. The highest BCUT2D eigenvalue weighted by molar-refractivity contribution is 7.45. The first-order valence-corrected chi connectivity index (χ1v) is 32.0. The number of carbonyl (C=O) groups is 2. The number of nitrogens with one attached hydrogen (secondary N) is 1. The molecule has 0 radical (unpaired) electrons. The third kappa shape index (κ3) is 51.6. The molecule has 9 nitrogen and oxygen atoms in total. The molecule has 3 unspecified atom stereocenters. The van der Waals surface area contributed by atoms with Gasteiger partial charge in [-0.05, 0) is 31.8 Å². The quantitative estimate of drug-likeness (QED) is 0.0212. The number of unbranched alkanes of at least 4 members (excludes halogenated alkanes) is 40. The Balaban J connectivity index is 5.24. The Labute approximate surface area is 435 Å². The van der Waals surface area contributed by atoms with Crippen molar-refractivity contribution in [1.82, 2.24) is 5.32 Å². The van der Waals surface area contributed by atoms with E-state index in [2.05, 4.69) is 26.1 Å². The van der Waals surface area contributed by atoms with Gasteiger partial charge >= 0.3 is 5.97 Å². The number of likely N-dealkylation sites (N-methyl/N-ethyl adjacent to an activating group) is 1. The Kier molecular flexibility index (Phi) is 50.3. The summed E-state index contributed by atoms with van der Waals surface area (Å²) in [6, 6.07) is -0.878. The van der Waals surface area contributed by atoms with Gasteiger partial charge in [0.15, 0.2) is 0 Å². The number of rotatable bonds is 56. The molecular weight excluding hydrogens is 892 g/mol. The maximum Gasteiger partial charge on any atom is 0.306 e. The van der Waals surface area contributed by atoms with E-state index in [4.69, 9.17) is 13.8 Å². The van der Waals surface area contributed by atoms with Crippen LogP contribution < -0.4 is 10.2 Å². The lowest BCUT2D eigenvalue weighted by Gasteiger charge is -2.30. The van der Waals surface area contributed by atoms with Crippen molar-refractivity contribution in [3.63, 3.8) is 0 Å². The number of ether oxygens (including phenoxy) is 1. The van der Waals surface area contributed by atoms with Gasteiger partial charge in [-0.3, -0.25) is 14.2 Å². The Morgan fingerprint density at radius 3 is 1.17 bits per heavy atom. The van der Waals surface area contributed by atoms with Gasteiger partial charge in [0.2, 0.25) is 5.91 Å². The topological polar surface area (TPSA) is 114 Å². The van der Waals surface area contributed by atoms with Gasteiger partial charge in [0.25, 0.3) is 7.82 Å². The molecule has 1 N–H and O–H groups in total. The zero-order valence-corrected chi connectivity index (χ0v) is 48.4. The zero-order chi connectivity index (χ0) is 51.5. The highest BCUT2D eigenvalue weighted by Crippen LogP contribution is 2.38. The van der Waals surface area contributed by atoms with Crippen molar-refractivity contribution in [2.45, 2.75) is 322 Å². The van der Waals surface area contributed by atoms with Gasteiger partial charge in [0.1, 0.15) is 19.3 Å². The third-order valence-electron chi connectivity index (χ3n) is 14.0. The number of esters is 1. The second-order valence-corrected chi connectivity index (χ2v) is 23.6. The minimum atomic E-state index is -4.69. The average molecular weight is 1010 g/mol. The van der Waals surface area contributed by atoms with Crippen LogP contribution in [0.1, 0.15) is 310 Å². The molecule has 70 heavy (non-hydrogen) atoms. The number of carbonyl (C=O) groups excluding carboxylic acids is 2. The van der Waals surface area contributed by atoms with Crippen molar-refractivity contribution < 1.29 is 37.3 Å². The van der Waals surface area contributed by atoms with E-state index in [9.17, 15) is 19.0 Å².